The molecule has 0 aliphatic heterocycles. The number of thiazole rings is 1. The van der Waals surface area contributed by atoms with Crippen molar-refractivity contribution < 1.29 is 33.1 Å². The third kappa shape index (κ3) is 9.42. The van der Waals surface area contributed by atoms with Gasteiger partial charge < -0.3 is 29.4 Å². The molecule has 1 aromatic heterocycles. The van der Waals surface area contributed by atoms with Crippen LogP contribution in [0.2, 0.25) is 0 Å². The standard InChI is InChI=1S/C37H44N4O7S2/c38-50(44,41-36(42)40-34-31-15-7-13-29(31)21-30-14-8-16-32(30)34)33-22-39-35(49-33)37(43,25-47-19-17-45-23-27-9-3-1-4-10-27)26-48-20-18-46-24-28-11-5-2-6-12-28/h1-6,9-12,21-22,43H,7-8,13-20,23-26H2,(H3,38,40,41,42,44). The van der Waals surface area contributed by atoms with E-state index >= 15 is 0 Å². The van der Waals surface area contributed by atoms with Crippen molar-refractivity contribution in [2.24, 2.45) is 9.50 Å². The lowest BCUT2D eigenvalue weighted by atomic mass is 9.99. The number of fused-ring (bicyclic) bond motifs is 2. The molecule has 0 bridgehead atoms. The van der Waals surface area contributed by atoms with E-state index < -0.39 is 21.5 Å². The Morgan fingerprint density at radius 1 is 0.840 bits per heavy atom. The number of nitrogens with zero attached hydrogens (tertiary/aromatic N) is 2. The predicted octanol–water partition coefficient (Wildman–Crippen LogP) is 5.71. The smallest absolute Gasteiger partial charge is 0.354 e. The second-order valence-corrected chi connectivity index (χ2v) is 15.6. The molecule has 1 heterocycles. The zero-order valence-corrected chi connectivity index (χ0v) is 29.6. The molecule has 2 amide bonds. The van der Waals surface area contributed by atoms with Crippen LogP contribution in [0.4, 0.5) is 10.5 Å². The van der Waals surface area contributed by atoms with Crippen LogP contribution in [0.15, 0.2) is 81.5 Å². The Hall–Kier alpha value is -3.53. The summed E-state index contributed by atoms with van der Waals surface area (Å²) in [5, 5.41) is 21.0. The third-order valence-corrected chi connectivity index (χ3v) is 11.8. The zero-order valence-electron chi connectivity index (χ0n) is 28.0. The van der Waals surface area contributed by atoms with Gasteiger partial charge in [0.25, 0.3) is 0 Å². The number of anilines is 1. The predicted molar refractivity (Wildman–Crippen MR) is 192 cm³/mol. The van der Waals surface area contributed by atoms with Gasteiger partial charge in [-0.3, -0.25) is 0 Å². The highest BCUT2D eigenvalue weighted by Crippen LogP contribution is 2.39. The number of aliphatic hydroxyl groups is 1. The molecule has 6 rings (SSSR count). The van der Waals surface area contributed by atoms with Gasteiger partial charge in [-0.1, -0.05) is 66.7 Å². The van der Waals surface area contributed by atoms with Crippen molar-refractivity contribution in [3.63, 3.8) is 0 Å². The number of ether oxygens (including phenoxy) is 4. The number of amides is 2. The van der Waals surface area contributed by atoms with Crippen LogP contribution in [-0.2, 0) is 73.4 Å². The van der Waals surface area contributed by atoms with Crippen LogP contribution in [0.5, 0.6) is 0 Å². The molecule has 0 saturated carbocycles. The Morgan fingerprint density at radius 2 is 1.36 bits per heavy atom. The summed E-state index contributed by atoms with van der Waals surface area (Å²) in [4.78, 5) is 17.5. The molecule has 4 N–H and O–H groups in total. The van der Waals surface area contributed by atoms with E-state index in [1.54, 1.807) is 0 Å². The molecular formula is C37H44N4O7S2. The molecule has 50 heavy (non-hydrogen) atoms. The topological polar surface area (TPSA) is 155 Å². The van der Waals surface area contributed by atoms with Crippen LogP contribution >= 0.6 is 11.3 Å². The first-order chi connectivity index (χ1) is 24.3. The fourth-order valence-electron chi connectivity index (χ4n) is 6.29. The van der Waals surface area contributed by atoms with E-state index in [1.807, 2.05) is 60.7 Å². The number of carbonyl (C=O) groups is 1. The Kier molecular flexibility index (Phi) is 12.4. The van der Waals surface area contributed by atoms with Gasteiger partial charge in [-0.2, -0.15) is 0 Å². The normalized spacial score (nSPS) is 15.0. The second kappa shape index (κ2) is 17.1. The number of benzene rings is 3. The summed E-state index contributed by atoms with van der Waals surface area (Å²) in [6.45, 7) is 1.57. The monoisotopic (exact) mass is 720 g/mol. The molecule has 13 heteroatoms. The SMILES string of the molecule is NS(=O)(=NC(=O)Nc1c2c(cc3c1CCC3)CCC2)c1cnc(C(O)(COCCOCc2ccccc2)COCCOCc2ccccc2)s1. The second-order valence-electron chi connectivity index (χ2n) is 12.5. The van der Waals surface area contributed by atoms with Crippen molar-refractivity contribution in [2.45, 2.75) is 61.5 Å². The number of aryl methyl sites for hydroxylation is 2. The van der Waals surface area contributed by atoms with Crippen molar-refractivity contribution in [3.8, 4) is 0 Å². The number of nitrogens with two attached hydrogens (primary N) is 1. The first kappa shape index (κ1) is 36.3. The van der Waals surface area contributed by atoms with E-state index in [-0.39, 0.29) is 35.6 Å². The number of rotatable bonds is 17. The summed E-state index contributed by atoms with van der Waals surface area (Å²) < 4.78 is 40.7. The molecule has 0 fully saturated rings. The van der Waals surface area contributed by atoms with Crippen molar-refractivity contribution in [2.75, 3.05) is 45.0 Å². The van der Waals surface area contributed by atoms with Gasteiger partial charge >= 0.3 is 6.03 Å². The molecule has 266 valence electrons. The minimum Gasteiger partial charge on any atom is -0.378 e. The van der Waals surface area contributed by atoms with Gasteiger partial charge in [0.2, 0.25) is 0 Å². The molecule has 1 atom stereocenters. The molecule has 0 saturated heterocycles. The quantitative estimate of drug-likeness (QED) is 0.117. The van der Waals surface area contributed by atoms with Gasteiger partial charge in [-0.15, -0.1) is 15.7 Å². The van der Waals surface area contributed by atoms with Gasteiger partial charge in [0.05, 0.1) is 59.1 Å². The van der Waals surface area contributed by atoms with Gasteiger partial charge in [0.15, 0.2) is 15.5 Å². The Morgan fingerprint density at radius 3 is 1.90 bits per heavy atom. The number of nitrogens with one attached hydrogen (secondary N) is 1. The van der Waals surface area contributed by atoms with Crippen LogP contribution in [0.3, 0.4) is 0 Å². The number of urea groups is 1. The minimum absolute atomic E-state index is 0.0574. The molecule has 11 nitrogen and oxygen atoms in total. The molecule has 0 spiro atoms. The van der Waals surface area contributed by atoms with Crippen molar-refractivity contribution in [1.82, 2.24) is 4.98 Å². The molecular weight excluding hydrogens is 677 g/mol. The fourth-order valence-corrected chi connectivity index (χ4v) is 8.41. The number of carbonyl (C=O) groups excluding carboxylic acids is 1. The molecule has 4 aromatic rings. The van der Waals surface area contributed by atoms with Gasteiger partial charge in [-0.25, -0.2) is 19.1 Å². The molecule has 3 aromatic carbocycles. The summed E-state index contributed by atoms with van der Waals surface area (Å²) in [6.07, 6.45) is 7.09. The maximum absolute atomic E-state index is 13.6. The highest BCUT2D eigenvalue weighted by Gasteiger charge is 2.35. The van der Waals surface area contributed by atoms with Crippen LogP contribution in [-0.4, -0.2) is 60.0 Å². The lowest BCUT2D eigenvalue weighted by molar-refractivity contribution is -0.112. The first-order valence-corrected chi connectivity index (χ1v) is 19.3. The van der Waals surface area contributed by atoms with E-state index in [2.05, 4.69) is 20.7 Å². The molecule has 1 unspecified atom stereocenters. The third-order valence-electron chi connectivity index (χ3n) is 8.74. The Bertz CT molecular complexity index is 1780. The summed E-state index contributed by atoms with van der Waals surface area (Å²) in [5.41, 5.74) is 5.98. The zero-order chi connectivity index (χ0) is 34.8. The summed E-state index contributed by atoms with van der Waals surface area (Å²) >= 11 is 0.909. The number of hydrogen-bond acceptors (Lipinski definition) is 9. The van der Waals surface area contributed by atoms with Gasteiger partial charge in [0.1, 0.15) is 9.22 Å². The molecule has 0 radical (unpaired) electrons. The van der Waals surface area contributed by atoms with E-state index in [1.165, 1.54) is 17.3 Å². The fraction of sp³-hybridized carbons (Fsp3) is 0.405. The lowest BCUT2D eigenvalue weighted by Crippen LogP contribution is -2.37. The summed E-state index contributed by atoms with van der Waals surface area (Å²) in [7, 11) is -3.68. The first-order valence-electron chi connectivity index (χ1n) is 16.9. The highest BCUT2D eigenvalue weighted by molar-refractivity contribution is 7.93. The Balaban J connectivity index is 1.09. The molecule has 2 aliphatic rings. The van der Waals surface area contributed by atoms with Gasteiger partial charge in [-0.05, 0) is 71.9 Å². The van der Waals surface area contributed by atoms with Gasteiger partial charge in [0, 0.05) is 5.69 Å². The van der Waals surface area contributed by atoms with Crippen LogP contribution in [0.25, 0.3) is 0 Å². The minimum atomic E-state index is -3.68. The van der Waals surface area contributed by atoms with Crippen LogP contribution in [0, 0.1) is 0 Å². The van der Waals surface area contributed by atoms with Crippen molar-refractivity contribution in [3.05, 3.63) is 111 Å². The summed E-state index contributed by atoms with van der Waals surface area (Å²) in [5.74, 6) is 0. The largest absolute Gasteiger partial charge is 0.378 e. The van der Waals surface area contributed by atoms with Crippen LogP contribution < -0.4 is 10.5 Å². The maximum Gasteiger partial charge on any atom is 0.354 e. The molecule has 2 aliphatic carbocycles. The van der Waals surface area contributed by atoms with Crippen molar-refractivity contribution >= 4 is 33.0 Å². The van der Waals surface area contributed by atoms with E-state index in [0.717, 1.165) is 77.8 Å². The van der Waals surface area contributed by atoms with E-state index in [0.29, 0.717) is 26.4 Å². The maximum atomic E-state index is 13.6. The average Bonchev–Trinajstić information content (AvgIpc) is 3.91. The number of aromatic nitrogens is 1. The number of hydrogen-bond donors (Lipinski definition) is 3. The van der Waals surface area contributed by atoms with Crippen molar-refractivity contribution in [1.29, 1.82) is 0 Å². The lowest BCUT2D eigenvalue weighted by Gasteiger charge is -2.25. The summed E-state index contributed by atoms with van der Waals surface area (Å²) in [6, 6.07) is 21.1. The Labute approximate surface area is 297 Å². The highest BCUT2D eigenvalue weighted by atomic mass is 32.2. The van der Waals surface area contributed by atoms with E-state index in [4.69, 9.17) is 24.1 Å². The van der Waals surface area contributed by atoms with E-state index in [9.17, 15) is 14.1 Å². The van der Waals surface area contributed by atoms with Crippen LogP contribution in [0.1, 0.15) is 51.2 Å². The average molecular weight is 721 g/mol.